The molecule has 2 heterocycles. The Morgan fingerprint density at radius 3 is 2.50 bits per heavy atom. The van der Waals surface area contributed by atoms with Crippen LogP contribution in [-0.4, -0.2) is 35.6 Å². The molecular formula is C27H31N3O3S. The highest BCUT2D eigenvalue weighted by Gasteiger charge is 2.36. The minimum atomic E-state index is -0.487. The molecule has 2 aliphatic rings. The van der Waals surface area contributed by atoms with Gasteiger partial charge in [0, 0.05) is 17.8 Å². The van der Waals surface area contributed by atoms with Crippen molar-refractivity contribution in [3.63, 3.8) is 0 Å². The molecule has 7 heteroatoms. The van der Waals surface area contributed by atoms with Crippen LogP contribution in [0.4, 0.5) is 11.4 Å². The maximum Gasteiger partial charge on any atom is 0.270 e. The first kappa shape index (κ1) is 24.0. The van der Waals surface area contributed by atoms with Crippen LogP contribution in [0.25, 0.3) is 6.08 Å². The van der Waals surface area contributed by atoms with Crippen LogP contribution in [0.5, 0.6) is 5.75 Å². The summed E-state index contributed by atoms with van der Waals surface area (Å²) in [5.41, 5.74) is 3.97. The maximum atomic E-state index is 13.4. The van der Waals surface area contributed by atoms with Crippen LogP contribution in [0, 0.1) is 0 Å². The fourth-order valence-corrected chi connectivity index (χ4v) is 5.39. The van der Waals surface area contributed by atoms with E-state index in [-0.39, 0.29) is 16.2 Å². The summed E-state index contributed by atoms with van der Waals surface area (Å²) in [6.45, 7) is 12.3. The molecule has 1 fully saturated rings. The predicted octanol–water partition coefficient (Wildman–Crippen LogP) is 5.03. The van der Waals surface area contributed by atoms with Crippen molar-refractivity contribution in [3.8, 4) is 5.75 Å². The molecule has 2 amide bonds. The van der Waals surface area contributed by atoms with Gasteiger partial charge in [0.25, 0.3) is 11.8 Å². The van der Waals surface area contributed by atoms with Crippen LogP contribution in [0.15, 0.2) is 48.0 Å². The first-order chi connectivity index (χ1) is 16.2. The number of rotatable bonds is 5. The number of hydrogen-bond donors (Lipinski definition) is 1. The molecule has 178 valence electrons. The summed E-state index contributed by atoms with van der Waals surface area (Å²) < 4.78 is 5.48. The predicted molar refractivity (Wildman–Crippen MR) is 140 cm³/mol. The van der Waals surface area contributed by atoms with Gasteiger partial charge in [-0.05, 0) is 106 Å². The fourth-order valence-electron chi connectivity index (χ4n) is 5.11. The zero-order valence-electron chi connectivity index (χ0n) is 20.3. The number of carbonyl (C=O) groups is 2. The van der Waals surface area contributed by atoms with E-state index in [4.69, 9.17) is 17.0 Å². The number of amides is 2. The molecule has 1 N–H and O–H groups in total. The second kappa shape index (κ2) is 9.22. The average Bonchev–Trinajstić information content (AvgIpc) is 2.78. The highest BCUT2D eigenvalue weighted by atomic mass is 32.1. The lowest BCUT2D eigenvalue weighted by Gasteiger charge is -2.47. The van der Waals surface area contributed by atoms with Crippen LogP contribution < -0.4 is 19.9 Å². The molecule has 0 aliphatic carbocycles. The molecule has 0 bridgehead atoms. The van der Waals surface area contributed by atoms with E-state index in [0.29, 0.717) is 24.0 Å². The number of ether oxygens (including phenoxy) is 1. The van der Waals surface area contributed by atoms with Crippen molar-refractivity contribution in [2.45, 2.75) is 52.5 Å². The van der Waals surface area contributed by atoms with Crippen LogP contribution in [0.3, 0.4) is 0 Å². The van der Waals surface area contributed by atoms with Crippen LogP contribution in [0.2, 0.25) is 0 Å². The molecule has 1 saturated heterocycles. The molecule has 6 nitrogen and oxygen atoms in total. The zero-order chi connectivity index (χ0) is 24.6. The Labute approximate surface area is 206 Å². The molecule has 0 aromatic heterocycles. The summed E-state index contributed by atoms with van der Waals surface area (Å²) in [7, 11) is 0. The lowest BCUT2D eigenvalue weighted by Crippen LogP contribution is -2.54. The highest BCUT2D eigenvalue weighted by Crippen LogP contribution is 2.43. The Bertz CT molecular complexity index is 1170. The summed E-state index contributed by atoms with van der Waals surface area (Å²) in [5, 5.41) is 2.72. The van der Waals surface area contributed by atoms with E-state index >= 15 is 0 Å². The third kappa shape index (κ3) is 4.32. The van der Waals surface area contributed by atoms with Gasteiger partial charge in [-0.3, -0.25) is 19.8 Å². The van der Waals surface area contributed by atoms with Gasteiger partial charge in [0.15, 0.2) is 5.11 Å². The fraction of sp³-hybridized carbons (Fsp3) is 0.370. The minimum Gasteiger partial charge on any atom is -0.494 e. The summed E-state index contributed by atoms with van der Waals surface area (Å²) in [5.74, 6) is 0.142. The van der Waals surface area contributed by atoms with Gasteiger partial charge in [0.05, 0.1) is 12.3 Å². The van der Waals surface area contributed by atoms with Crippen LogP contribution >= 0.6 is 12.2 Å². The minimum absolute atomic E-state index is 0.0542. The molecule has 4 rings (SSSR count). The Hall–Kier alpha value is -3.19. The largest absolute Gasteiger partial charge is 0.494 e. The summed E-state index contributed by atoms with van der Waals surface area (Å²) in [6.07, 6.45) is 2.69. The van der Waals surface area contributed by atoms with Crippen molar-refractivity contribution in [1.29, 1.82) is 0 Å². The second-order valence-electron chi connectivity index (χ2n) is 9.36. The molecule has 1 atom stereocenters. The number of thiocarbonyl (C=S) groups is 1. The molecule has 2 aromatic carbocycles. The molecule has 34 heavy (non-hydrogen) atoms. The van der Waals surface area contributed by atoms with Gasteiger partial charge in [-0.1, -0.05) is 13.0 Å². The van der Waals surface area contributed by atoms with Crippen molar-refractivity contribution in [3.05, 3.63) is 59.2 Å². The normalized spacial score (nSPS) is 20.9. The quantitative estimate of drug-likeness (QED) is 0.372. The first-order valence-electron chi connectivity index (χ1n) is 11.7. The van der Waals surface area contributed by atoms with Crippen LogP contribution in [0.1, 0.15) is 58.1 Å². The molecule has 0 saturated carbocycles. The van der Waals surface area contributed by atoms with E-state index in [0.717, 1.165) is 18.5 Å². The van der Waals surface area contributed by atoms with E-state index in [1.165, 1.54) is 16.2 Å². The molecule has 0 radical (unpaired) electrons. The standard InChI is InChI=1S/C27H31N3O3S/c1-6-29-23-13-8-18(14-21(23)17(3)16-27(29,4)5)15-22-24(31)28-26(34)30(25(22)32)19-9-11-20(12-10-19)33-7-2/h8-15,17H,6-7,16H2,1-5H3,(H,28,31,34)/b22-15+/t17-/m1/s1. The number of nitrogens with zero attached hydrogens (tertiary/aromatic N) is 2. The van der Waals surface area contributed by atoms with Gasteiger partial charge in [0.1, 0.15) is 11.3 Å². The van der Waals surface area contributed by atoms with Crippen LogP contribution in [-0.2, 0) is 9.59 Å². The molecule has 2 aromatic rings. The molecule has 0 spiro atoms. The Balaban J connectivity index is 1.68. The van der Waals surface area contributed by atoms with Gasteiger partial charge in [-0.25, -0.2) is 0 Å². The van der Waals surface area contributed by atoms with E-state index < -0.39 is 11.8 Å². The Morgan fingerprint density at radius 2 is 1.85 bits per heavy atom. The Kier molecular flexibility index (Phi) is 6.49. The molecule has 0 unspecified atom stereocenters. The van der Waals surface area contributed by atoms with Crippen molar-refractivity contribution in [1.82, 2.24) is 5.32 Å². The van der Waals surface area contributed by atoms with Crippen molar-refractivity contribution < 1.29 is 14.3 Å². The van der Waals surface area contributed by atoms with Gasteiger partial charge < -0.3 is 9.64 Å². The topological polar surface area (TPSA) is 61.9 Å². The number of nitrogens with one attached hydrogen (secondary N) is 1. The summed E-state index contributed by atoms with van der Waals surface area (Å²) in [4.78, 5) is 29.9. The third-order valence-corrected chi connectivity index (χ3v) is 6.83. The van der Waals surface area contributed by atoms with E-state index in [1.54, 1.807) is 30.3 Å². The lowest BCUT2D eigenvalue weighted by molar-refractivity contribution is -0.122. The van der Waals surface area contributed by atoms with Crippen molar-refractivity contribution in [2.24, 2.45) is 0 Å². The third-order valence-electron chi connectivity index (χ3n) is 6.54. The van der Waals surface area contributed by atoms with Gasteiger partial charge in [0.2, 0.25) is 0 Å². The maximum absolute atomic E-state index is 13.4. The molecular weight excluding hydrogens is 446 g/mol. The number of benzene rings is 2. The van der Waals surface area contributed by atoms with Gasteiger partial charge in [-0.15, -0.1) is 0 Å². The second-order valence-corrected chi connectivity index (χ2v) is 9.75. The highest BCUT2D eigenvalue weighted by molar-refractivity contribution is 7.80. The SMILES string of the molecule is CCOc1ccc(N2C(=O)/C(=C/c3ccc4c(c3)[C@H](C)CC(C)(C)N4CC)C(=O)NC2=S)cc1. The van der Waals surface area contributed by atoms with Crippen molar-refractivity contribution >= 4 is 46.6 Å². The van der Waals surface area contributed by atoms with E-state index in [2.05, 4.69) is 50.0 Å². The average molecular weight is 478 g/mol. The first-order valence-corrected chi connectivity index (χ1v) is 12.1. The smallest absolute Gasteiger partial charge is 0.270 e. The summed E-state index contributed by atoms with van der Waals surface area (Å²) in [6, 6.07) is 13.2. The van der Waals surface area contributed by atoms with Crippen molar-refractivity contribution in [2.75, 3.05) is 23.0 Å². The van der Waals surface area contributed by atoms with Gasteiger partial charge in [-0.2, -0.15) is 0 Å². The molecule has 2 aliphatic heterocycles. The van der Waals surface area contributed by atoms with E-state index in [9.17, 15) is 9.59 Å². The number of anilines is 2. The number of hydrogen-bond acceptors (Lipinski definition) is 5. The Morgan fingerprint density at radius 1 is 1.15 bits per heavy atom. The van der Waals surface area contributed by atoms with Gasteiger partial charge >= 0.3 is 0 Å². The van der Waals surface area contributed by atoms with E-state index in [1.807, 2.05) is 13.0 Å². The zero-order valence-corrected chi connectivity index (χ0v) is 21.2. The number of fused-ring (bicyclic) bond motifs is 1. The summed E-state index contributed by atoms with van der Waals surface area (Å²) >= 11 is 5.32. The lowest BCUT2D eigenvalue weighted by atomic mass is 9.79. The number of carbonyl (C=O) groups excluding carboxylic acids is 2. The monoisotopic (exact) mass is 477 g/mol.